The van der Waals surface area contributed by atoms with Crippen LogP contribution in [0.4, 0.5) is 0 Å². The highest BCUT2D eigenvalue weighted by Crippen LogP contribution is 2.48. The van der Waals surface area contributed by atoms with E-state index in [-0.39, 0.29) is 16.9 Å². The number of carbonyl (C=O) groups is 1. The number of para-hydroxylation sites is 1. The number of nitrogens with one attached hydrogen (secondary N) is 1. The Morgan fingerprint density at radius 1 is 1.07 bits per heavy atom. The summed E-state index contributed by atoms with van der Waals surface area (Å²) in [5.41, 5.74) is 4.68. The zero-order chi connectivity index (χ0) is 19.5. The van der Waals surface area contributed by atoms with Crippen LogP contribution in [-0.2, 0) is 10.3 Å². The molecule has 2 atom stereocenters. The maximum atomic E-state index is 12.7. The summed E-state index contributed by atoms with van der Waals surface area (Å²) in [6.07, 6.45) is 2.28. The van der Waals surface area contributed by atoms with Crippen molar-refractivity contribution in [3.05, 3.63) is 70.4 Å². The van der Waals surface area contributed by atoms with E-state index in [1.165, 1.54) is 22.2 Å². The van der Waals surface area contributed by atoms with E-state index in [0.29, 0.717) is 18.6 Å². The summed E-state index contributed by atoms with van der Waals surface area (Å²) in [7, 11) is 0. The van der Waals surface area contributed by atoms with Gasteiger partial charge in [-0.1, -0.05) is 61.8 Å². The van der Waals surface area contributed by atoms with Gasteiger partial charge in [-0.3, -0.25) is 4.79 Å². The van der Waals surface area contributed by atoms with Gasteiger partial charge in [-0.25, -0.2) is 0 Å². The first-order chi connectivity index (χ1) is 13.4. The van der Waals surface area contributed by atoms with Crippen molar-refractivity contribution in [3.63, 3.8) is 0 Å². The summed E-state index contributed by atoms with van der Waals surface area (Å²) < 4.78 is 0. The standard InChI is InChI=1S/C24H25ClN2O/c1-23(2)11-15(28)12-24(14-23)22-21(17-8-4-6-10-20(17)27-22)18(13-26-24)16-7-3-5-9-19(16)25/h3-10,18,26-27H,11-14H2,1-2H3/p+1/t18-,24+/m0/s1. The first-order valence-corrected chi connectivity index (χ1v) is 10.5. The largest absolute Gasteiger partial charge is 0.353 e. The number of rotatable bonds is 1. The lowest BCUT2D eigenvalue weighted by Crippen LogP contribution is -2.98. The minimum Gasteiger partial charge on any atom is -0.353 e. The lowest BCUT2D eigenvalue weighted by atomic mass is 9.63. The van der Waals surface area contributed by atoms with E-state index in [2.05, 4.69) is 60.5 Å². The summed E-state index contributed by atoms with van der Waals surface area (Å²) in [6, 6.07) is 16.7. The second-order valence-corrected chi connectivity index (χ2v) is 9.77. The van der Waals surface area contributed by atoms with Gasteiger partial charge in [0.1, 0.15) is 11.3 Å². The Hall–Kier alpha value is -2.10. The molecular weight excluding hydrogens is 368 g/mol. The van der Waals surface area contributed by atoms with Gasteiger partial charge in [0.15, 0.2) is 0 Å². The molecule has 1 aliphatic carbocycles. The van der Waals surface area contributed by atoms with Crippen LogP contribution in [-0.4, -0.2) is 17.3 Å². The summed E-state index contributed by atoms with van der Waals surface area (Å²) in [5.74, 6) is 0.582. The van der Waals surface area contributed by atoms with Crippen LogP contribution in [0.5, 0.6) is 0 Å². The molecule has 1 saturated carbocycles. The number of hydrogen-bond donors (Lipinski definition) is 2. The minimum atomic E-state index is -0.203. The van der Waals surface area contributed by atoms with Crippen molar-refractivity contribution in [2.24, 2.45) is 5.41 Å². The van der Waals surface area contributed by atoms with Crippen LogP contribution >= 0.6 is 11.6 Å². The number of H-pyrrole nitrogens is 1. The van der Waals surface area contributed by atoms with Gasteiger partial charge in [0.2, 0.25) is 0 Å². The van der Waals surface area contributed by atoms with Gasteiger partial charge in [-0.15, -0.1) is 0 Å². The smallest absolute Gasteiger partial charge is 0.144 e. The van der Waals surface area contributed by atoms with E-state index < -0.39 is 0 Å². The summed E-state index contributed by atoms with van der Waals surface area (Å²) in [6.45, 7) is 5.35. The number of aromatic nitrogens is 1. The summed E-state index contributed by atoms with van der Waals surface area (Å²) >= 11 is 6.61. The Kier molecular flexibility index (Phi) is 3.98. The predicted molar refractivity (Wildman–Crippen MR) is 113 cm³/mol. The molecule has 2 aromatic carbocycles. The normalized spacial score (nSPS) is 26.5. The lowest BCUT2D eigenvalue weighted by molar-refractivity contribution is -0.744. The van der Waals surface area contributed by atoms with Crippen molar-refractivity contribution >= 4 is 28.3 Å². The van der Waals surface area contributed by atoms with Crippen molar-refractivity contribution in [2.75, 3.05) is 6.54 Å². The molecule has 1 fully saturated rings. The Bertz CT molecular complexity index is 1080. The molecule has 144 valence electrons. The highest BCUT2D eigenvalue weighted by Gasteiger charge is 2.53. The van der Waals surface area contributed by atoms with Crippen LogP contribution in [0, 0.1) is 5.41 Å². The Morgan fingerprint density at radius 2 is 1.82 bits per heavy atom. The SMILES string of the molecule is CC1(C)CC(=O)C[C@]2(C1)[NH2+]C[C@@H](c1ccccc1Cl)c1c2[nH]c2ccccc12. The number of nitrogens with two attached hydrogens (primary N) is 1. The highest BCUT2D eigenvalue weighted by molar-refractivity contribution is 6.31. The highest BCUT2D eigenvalue weighted by atomic mass is 35.5. The number of ketones is 1. The predicted octanol–water partition coefficient (Wildman–Crippen LogP) is 4.50. The number of quaternary nitrogens is 1. The molecule has 28 heavy (non-hydrogen) atoms. The Morgan fingerprint density at radius 3 is 2.61 bits per heavy atom. The van der Waals surface area contributed by atoms with Crippen LogP contribution in [0.2, 0.25) is 5.02 Å². The van der Waals surface area contributed by atoms with Crippen molar-refractivity contribution in [3.8, 4) is 0 Å². The number of aromatic amines is 1. The van der Waals surface area contributed by atoms with Crippen molar-refractivity contribution in [1.82, 2.24) is 4.98 Å². The zero-order valence-electron chi connectivity index (χ0n) is 16.4. The van der Waals surface area contributed by atoms with Crippen molar-refractivity contribution in [2.45, 2.75) is 44.6 Å². The fourth-order valence-electron chi connectivity index (χ4n) is 5.77. The van der Waals surface area contributed by atoms with E-state index in [1.54, 1.807) is 0 Å². The molecule has 1 aromatic heterocycles. The molecule has 1 aliphatic heterocycles. The van der Waals surface area contributed by atoms with Gasteiger partial charge in [-0.05, 0) is 23.1 Å². The monoisotopic (exact) mass is 393 g/mol. The van der Waals surface area contributed by atoms with Crippen LogP contribution in [0.1, 0.15) is 55.8 Å². The maximum Gasteiger partial charge on any atom is 0.144 e. The van der Waals surface area contributed by atoms with Crippen LogP contribution in [0.15, 0.2) is 48.5 Å². The molecular formula is C24H26ClN2O+. The van der Waals surface area contributed by atoms with Gasteiger partial charge in [0.05, 0.1) is 24.6 Å². The topological polar surface area (TPSA) is 49.5 Å². The molecule has 0 unspecified atom stereocenters. The number of benzene rings is 2. The number of Topliss-reactive ketones (excluding diaryl/α,β-unsaturated/α-hetero) is 1. The second-order valence-electron chi connectivity index (χ2n) is 9.36. The molecule has 0 amide bonds. The number of fused-ring (bicyclic) bond motifs is 4. The molecule has 5 rings (SSSR count). The molecule has 0 radical (unpaired) electrons. The van der Waals surface area contributed by atoms with Gasteiger partial charge in [-0.2, -0.15) is 0 Å². The number of hydrogen-bond acceptors (Lipinski definition) is 1. The van der Waals surface area contributed by atoms with Crippen molar-refractivity contribution in [1.29, 1.82) is 0 Å². The van der Waals surface area contributed by atoms with Gasteiger partial charge >= 0.3 is 0 Å². The average Bonchev–Trinajstić information content (AvgIpc) is 3.02. The Balaban J connectivity index is 1.75. The summed E-state index contributed by atoms with van der Waals surface area (Å²) in [4.78, 5) is 16.5. The average molecular weight is 394 g/mol. The molecule has 3 N–H and O–H groups in total. The first kappa shape index (κ1) is 18.0. The molecule has 2 heterocycles. The lowest BCUT2D eigenvalue weighted by Gasteiger charge is -2.45. The van der Waals surface area contributed by atoms with E-state index in [1.807, 2.05) is 12.1 Å². The number of carbonyl (C=O) groups excluding carboxylic acids is 1. The van der Waals surface area contributed by atoms with Gasteiger partial charge in [0.25, 0.3) is 0 Å². The van der Waals surface area contributed by atoms with Crippen molar-refractivity contribution < 1.29 is 10.1 Å². The molecule has 3 aromatic rings. The van der Waals surface area contributed by atoms with E-state index in [4.69, 9.17) is 11.6 Å². The fraction of sp³-hybridized carbons (Fsp3) is 0.375. The minimum absolute atomic E-state index is 0.0115. The van der Waals surface area contributed by atoms with Gasteiger partial charge in [0, 0.05) is 34.3 Å². The third-order valence-corrected chi connectivity index (χ3v) is 6.94. The third-order valence-electron chi connectivity index (χ3n) is 6.60. The molecule has 0 saturated heterocycles. The van der Waals surface area contributed by atoms with Crippen LogP contribution < -0.4 is 5.32 Å². The summed E-state index contributed by atoms with van der Waals surface area (Å²) in [5, 5.41) is 4.48. The fourth-order valence-corrected chi connectivity index (χ4v) is 6.04. The molecule has 3 nitrogen and oxygen atoms in total. The van der Waals surface area contributed by atoms with E-state index in [0.717, 1.165) is 23.5 Å². The van der Waals surface area contributed by atoms with Crippen LogP contribution in [0.25, 0.3) is 10.9 Å². The molecule has 4 heteroatoms. The third kappa shape index (κ3) is 2.72. The maximum absolute atomic E-state index is 12.7. The van der Waals surface area contributed by atoms with Crippen LogP contribution in [0.3, 0.4) is 0 Å². The molecule has 0 bridgehead atoms. The van der Waals surface area contributed by atoms with Gasteiger partial charge < -0.3 is 10.3 Å². The van der Waals surface area contributed by atoms with E-state index >= 15 is 0 Å². The zero-order valence-corrected chi connectivity index (χ0v) is 17.1. The van der Waals surface area contributed by atoms with E-state index in [9.17, 15) is 4.79 Å². The second kappa shape index (κ2) is 6.20. The number of halogens is 1. The Labute approximate surface area is 170 Å². The first-order valence-electron chi connectivity index (χ1n) is 10.1. The quantitative estimate of drug-likeness (QED) is 0.628. The molecule has 1 spiro atoms. The molecule has 2 aliphatic rings.